The predicted octanol–water partition coefficient (Wildman–Crippen LogP) is 3.85. The van der Waals surface area contributed by atoms with Crippen molar-refractivity contribution in [2.45, 2.75) is 26.8 Å². The predicted molar refractivity (Wildman–Crippen MR) is 108 cm³/mol. The number of benzene rings is 1. The summed E-state index contributed by atoms with van der Waals surface area (Å²) in [4.78, 5) is 33.2. The van der Waals surface area contributed by atoms with Crippen LogP contribution in [0.4, 0.5) is 5.13 Å². The van der Waals surface area contributed by atoms with Crippen LogP contribution in [0.5, 0.6) is 0 Å². The lowest BCUT2D eigenvalue weighted by Gasteiger charge is -2.09. The van der Waals surface area contributed by atoms with E-state index in [0.717, 1.165) is 10.4 Å². The summed E-state index contributed by atoms with van der Waals surface area (Å²) in [5.41, 5.74) is 1.74. The highest BCUT2D eigenvalue weighted by molar-refractivity contribution is 7.15. The molecule has 0 spiro atoms. The van der Waals surface area contributed by atoms with Gasteiger partial charge < -0.3 is 5.32 Å². The smallest absolute Gasteiger partial charge is 0.300 e. The van der Waals surface area contributed by atoms with Crippen LogP contribution in [0, 0.1) is 13.8 Å². The van der Waals surface area contributed by atoms with Crippen molar-refractivity contribution in [2.75, 3.05) is 5.32 Å². The molecule has 0 unspecified atom stereocenters. The van der Waals surface area contributed by atoms with Gasteiger partial charge in [-0.15, -0.1) is 11.3 Å². The number of aromatic nitrogens is 3. The number of rotatable bonds is 5. The molecule has 6 nitrogen and oxygen atoms in total. The standard InChI is InChI=1S/C18H16Cl2N4O2S/c1-10-6-11(2)24(18(26)22-10)9-15(25)23-17-21-8-13(27-17)7-12-4-3-5-14(19)16(12)20/h3-6,8H,7,9H2,1-2H3,(H,21,23,25). The second kappa shape index (κ2) is 8.21. The zero-order valence-electron chi connectivity index (χ0n) is 14.6. The zero-order valence-corrected chi connectivity index (χ0v) is 17.0. The number of nitrogens with one attached hydrogen (secondary N) is 1. The summed E-state index contributed by atoms with van der Waals surface area (Å²) in [5.74, 6) is -0.340. The fourth-order valence-corrected chi connectivity index (χ4v) is 3.83. The maximum atomic E-state index is 12.3. The molecule has 1 amide bonds. The second-order valence-corrected chi connectivity index (χ2v) is 7.88. The third kappa shape index (κ3) is 4.74. The fraction of sp³-hybridized carbons (Fsp3) is 0.222. The molecule has 0 fully saturated rings. The molecule has 1 N–H and O–H groups in total. The van der Waals surface area contributed by atoms with E-state index in [-0.39, 0.29) is 12.5 Å². The number of nitrogens with zero attached hydrogens (tertiary/aromatic N) is 3. The van der Waals surface area contributed by atoms with Gasteiger partial charge in [-0.3, -0.25) is 9.36 Å². The van der Waals surface area contributed by atoms with Crippen molar-refractivity contribution in [1.82, 2.24) is 14.5 Å². The van der Waals surface area contributed by atoms with Gasteiger partial charge in [-0.05, 0) is 31.5 Å². The van der Waals surface area contributed by atoms with E-state index in [2.05, 4.69) is 15.3 Å². The van der Waals surface area contributed by atoms with Crippen LogP contribution in [0.2, 0.25) is 10.0 Å². The monoisotopic (exact) mass is 422 g/mol. The Kier molecular flexibility index (Phi) is 5.94. The molecule has 3 aromatic rings. The lowest BCUT2D eigenvalue weighted by molar-refractivity contribution is -0.116. The summed E-state index contributed by atoms with van der Waals surface area (Å²) >= 11 is 13.6. The van der Waals surface area contributed by atoms with Gasteiger partial charge >= 0.3 is 5.69 Å². The van der Waals surface area contributed by atoms with Gasteiger partial charge in [0.2, 0.25) is 5.91 Å². The van der Waals surface area contributed by atoms with E-state index in [4.69, 9.17) is 23.2 Å². The molecule has 2 heterocycles. The minimum absolute atomic E-state index is 0.118. The first-order valence-corrected chi connectivity index (χ1v) is 9.63. The minimum Gasteiger partial charge on any atom is -0.300 e. The van der Waals surface area contributed by atoms with Crippen molar-refractivity contribution in [2.24, 2.45) is 0 Å². The molecule has 0 atom stereocenters. The van der Waals surface area contributed by atoms with E-state index >= 15 is 0 Å². The van der Waals surface area contributed by atoms with Gasteiger partial charge in [0.25, 0.3) is 0 Å². The Morgan fingerprint density at radius 1 is 1.30 bits per heavy atom. The summed E-state index contributed by atoms with van der Waals surface area (Å²) in [6.45, 7) is 3.38. The van der Waals surface area contributed by atoms with Crippen molar-refractivity contribution in [3.8, 4) is 0 Å². The number of anilines is 1. The fourth-order valence-electron chi connectivity index (χ4n) is 2.59. The van der Waals surface area contributed by atoms with Gasteiger partial charge in [0.05, 0.1) is 10.0 Å². The van der Waals surface area contributed by atoms with Crippen molar-refractivity contribution in [1.29, 1.82) is 0 Å². The number of carbonyl (C=O) groups is 1. The first kappa shape index (κ1) is 19.5. The molecule has 0 aliphatic carbocycles. The first-order valence-electron chi connectivity index (χ1n) is 8.06. The highest BCUT2D eigenvalue weighted by Crippen LogP contribution is 2.29. The molecule has 0 saturated carbocycles. The first-order chi connectivity index (χ1) is 12.8. The molecule has 0 aliphatic rings. The molecule has 9 heteroatoms. The number of thiazole rings is 1. The van der Waals surface area contributed by atoms with E-state index in [1.807, 2.05) is 12.1 Å². The van der Waals surface area contributed by atoms with Gasteiger partial charge in [0.15, 0.2) is 5.13 Å². The number of hydrogen-bond acceptors (Lipinski definition) is 5. The van der Waals surface area contributed by atoms with Crippen LogP contribution in [0.25, 0.3) is 0 Å². The third-order valence-electron chi connectivity index (χ3n) is 3.84. The topological polar surface area (TPSA) is 76.9 Å². The maximum Gasteiger partial charge on any atom is 0.348 e. The van der Waals surface area contributed by atoms with Crippen molar-refractivity contribution >= 4 is 45.6 Å². The van der Waals surface area contributed by atoms with Crippen LogP contribution < -0.4 is 11.0 Å². The van der Waals surface area contributed by atoms with Crippen LogP contribution in [0.3, 0.4) is 0 Å². The van der Waals surface area contributed by atoms with Crippen LogP contribution in [-0.2, 0) is 17.8 Å². The summed E-state index contributed by atoms with van der Waals surface area (Å²) < 4.78 is 1.32. The Bertz CT molecular complexity index is 1060. The van der Waals surface area contributed by atoms with Crippen LogP contribution in [0.1, 0.15) is 21.8 Å². The molecule has 3 rings (SSSR count). The number of amides is 1. The molecule has 0 aliphatic heterocycles. The maximum absolute atomic E-state index is 12.3. The summed E-state index contributed by atoms with van der Waals surface area (Å²) in [6.07, 6.45) is 2.25. The Morgan fingerprint density at radius 3 is 2.81 bits per heavy atom. The van der Waals surface area contributed by atoms with Crippen LogP contribution in [-0.4, -0.2) is 20.4 Å². The van der Waals surface area contributed by atoms with Crippen LogP contribution >= 0.6 is 34.5 Å². The lowest BCUT2D eigenvalue weighted by atomic mass is 10.1. The molecular formula is C18H16Cl2N4O2S. The number of hydrogen-bond donors (Lipinski definition) is 1. The normalized spacial score (nSPS) is 10.8. The Labute approximate surface area is 169 Å². The average Bonchev–Trinajstić information content (AvgIpc) is 3.02. The Balaban J connectivity index is 1.68. The van der Waals surface area contributed by atoms with E-state index in [1.54, 1.807) is 32.2 Å². The van der Waals surface area contributed by atoms with Crippen molar-refractivity contribution in [3.05, 3.63) is 72.8 Å². The van der Waals surface area contributed by atoms with Gasteiger partial charge in [-0.25, -0.2) is 9.78 Å². The highest BCUT2D eigenvalue weighted by atomic mass is 35.5. The number of aryl methyl sites for hydroxylation is 2. The van der Waals surface area contributed by atoms with E-state index in [0.29, 0.717) is 33.0 Å². The number of halogens is 2. The summed E-state index contributed by atoms with van der Waals surface area (Å²) in [5, 5.41) is 4.18. The highest BCUT2D eigenvalue weighted by Gasteiger charge is 2.12. The van der Waals surface area contributed by atoms with Crippen LogP contribution in [0.15, 0.2) is 35.3 Å². The van der Waals surface area contributed by atoms with Crippen molar-refractivity contribution in [3.63, 3.8) is 0 Å². The SMILES string of the molecule is Cc1cc(C)n(CC(=O)Nc2ncc(Cc3cccc(Cl)c3Cl)s2)c(=O)n1. The minimum atomic E-state index is -0.446. The molecule has 2 aromatic heterocycles. The second-order valence-electron chi connectivity index (χ2n) is 5.98. The molecule has 0 saturated heterocycles. The molecule has 140 valence electrons. The molecular weight excluding hydrogens is 407 g/mol. The summed E-state index contributed by atoms with van der Waals surface area (Å²) in [7, 11) is 0. The van der Waals surface area contributed by atoms with Gasteiger partial charge in [-0.1, -0.05) is 35.3 Å². The average molecular weight is 423 g/mol. The van der Waals surface area contributed by atoms with E-state index < -0.39 is 5.69 Å². The Morgan fingerprint density at radius 2 is 2.07 bits per heavy atom. The van der Waals surface area contributed by atoms with E-state index in [9.17, 15) is 9.59 Å². The van der Waals surface area contributed by atoms with Crippen molar-refractivity contribution < 1.29 is 4.79 Å². The number of carbonyl (C=O) groups excluding carboxylic acids is 1. The Hall–Kier alpha value is -2.22. The summed E-state index contributed by atoms with van der Waals surface area (Å²) in [6, 6.07) is 7.22. The lowest BCUT2D eigenvalue weighted by Crippen LogP contribution is -2.31. The largest absolute Gasteiger partial charge is 0.348 e. The quantitative estimate of drug-likeness (QED) is 0.676. The van der Waals surface area contributed by atoms with Gasteiger partial charge in [0.1, 0.15) is 6.54 Å². The third-order valence-corrected chi connectivity index (χ3v) is 5.62. The zero-order chi connectivity index (χ0) is 19.6. The van der Waals surface area contributed by atoms with Gasteiger partial charge in [0, 0.05) is 28.9 Å². The molecule has 0 radical (unpaired) electrons. The molecule has 27 heavy (non-hydrogen) atoms. The molecule has 1 aromatic carbocycles. The van der Waals surface area contributed by atoms with E-state index in [1.165, 1.54) is 15.9 Å². The molecule has 0 bridgehead atoms. The van der Waals surface area contributed by atoms with Gasteiger partial charge in [-0.2, -0.15) is 4.98 Å².